The van der Waals surface area contributed by atoms with E-state index in [1.165, 1.54) is 12.8 Å². The molecule has 0 saturated heterocycles. The van der Waals surface area contributed by atoms with Crippen molar-refractivity contribution >= 4 is 10.9 Å². The van der Waals surface area contributed by atoms with Crippen LogP contribution in [-0.4, -0.2) is 35.9 Å². The second-order valence-electron chi connectivity index (χ2n) is 9.41. The summed E-state index contributed by atoms with van der Waals surface area (Å²) >= 11 is 0. The van der Waals surface area contributed by atoms with E-state index in [1.807, 2.05) is 35.8 Å². The first-order valence-corrected chi connectivity index (χ1v) is 12.3. The molecule has 3 heterocycles. The molecule has 0 amide bonds. The lowest BCUT2D eigenvalue weighted by Crippen LogP contribution is -2.33. The van der Waals surface area contributed by atoms with E-state index in [-0.39, 0.29) is 5.56 Å². The average Bonchev–Trinajstić information content (AvgIpc) is 2.87. The maximum absolute atomic E-state index is 12.8. The summed E-state index contributed by atoms with van der Waals surface area (Å²) in [5, 5.41) is 4.78. The number of methoxy groups -OCH3 is 1. The van der Waals surface area contributed by atoms with E-state index in [2.05, 4.69) is 10.3 Å². The number of pyridine rings is 2. The fraction of sp³-hybridized carbons (Fsp3) is 0.481. The Balaban J connectivity index is 1.15. The van der Waals surface area contributed by atoms with Gasteiger partial charge >= 0.3 is 0 Å². The minimum atomic E-state index is 0.0699. The van der Waals surface area contributed by atoms with Crippen molar-refractivity contribution in [2.45, 2.75) is 58.2 Å². The minimum absolute atomic E-state index is 0.0699. The van der Waals surface area contributed by atoms with E-state index >= 15 is 0 Å². The Bertz CT molecular complexity index is 1210. The first-order chi connectivity index (χ1) is 16.6. The van der Waals surface area contributed by atoms with Gasteiger partial charge < -0.3 is 24.1 Å². The van der Waals surface area contributed by atoms with Crippen molar-refractivity contribution in [1.82, 2.24) is 14.9 Å². The van der Waals surface area contributed by atoms with Crippen LogP contribution in [0, 0.1) is 12.8 Å². The Morgan fingerprint density at radius 3 is 2.68 bits per heavy atom. The highest BCUT2D eigenvalue weighted by atomic mass is 16.6. The highest BCUT2D eigenvalue weighted by Crippen LogP contribution is 2.31. The van der Waals surface area contributed by atoms with Gasteiger partial charge in [-0.1, -0.05) is 0 Å². The Morgan fingerprint density at radius 1 is 1.09 bits per heavy atom. The number of nitrogens with zero attached hydrogens (tertiary/aromatic N) is 2. The quantitative estimate of drug-likeness (QED) is 0.565. The molecule has 3 aromatic rings. The zero-order valence-electron chi connectivity index (χ0n) is 20.0. The third kappa shape index (κ3) is 4.89. The van der Waals surface area contributed by atoms with Crippen LogP contribution in [0.2, 0.25) is 0 Å². The van der Waals surface area contributed by atoms with Gasteiger partial charge in [0.25, 0.3) is 5.56 Å². The number of hydrogen-bond donors (Lipinski definition) is 1. The zero-order chi connectivity index (χ0) is 23.5. The van der Waals surface area contributed by atoms with Gasteiger partial charge in [0.05, 0.1) is 24.5 Å². The second kappa shape index (κ2) is 10.1. The van der Waals surface area contributed by atoms with Crippen molar-refractivity contribution in [3.8, 4) is 17.2 Å². The number of aryl methyl sites for hydroxylation is 2. The lowest BCUT2D eigenvalue weighted by Gasteiger charge is -2.29. The van der Waals surface area contributed by atoms with Gasteiger partial charge in [-0.2, -0.15) is 0 Å². The van der Waals surface area contributed by atoms with Gasteiger partial charge in [-0.05, 0) is 62.6 Å². The molecule has 1 fully saturated rings. The standard InChI is InChI=1S/C27H33N3O4/c1-18-13-27(31)30(24-15-22(32-2)7-8-23(18)24)10-9-19-3-5-20(6-4-19)28-16-21-14-25-26(17-29-21)34-12-11-33-25/h7-8,13-15,17,19-20,28H,3-6,9-12,16H2,1-2H3. The molecule has 180 valence electrons. The molecule has 1 aromatic carbocycles. The van der Waals surface area contributed by atoms with Gasteiger partial charge in [0.1, 0.15) is 19.0 Å². The molecule has 1 aliphatic carbocycles. The van der Waals surface area contributed by atoms with Gasteiger partial charge in [-0.25, -0.2) is 0 Å². The summed E-state index contributed by atoms with van der Waals surface area (Å²) < 4.78 is 18.5. The van der Waals surface area contributed by atoms with Crippen molar-refractivity contribution in [2.24, 2.45) is 5.92 Å². The Labute approximate surface area is 200 Å². The molecule has 0 unspecified atom stereocenters. The van der Waals surface area contributed by atoms with Crippen molar-refractivity contribution in [1.29, 1.82) is 0 Å². The summed E-state index contributed by atoms with van der Waals surface area (Å²) in [6, 6.07) is 10.2. The molecular formula is C27H33N3O4. The molecule has 0 spiro atoms. The van der Waals surface area contributed by atoms with E-state index in [0.29, 0.717) is 25.2 Å². The SMILES string of the molecule is COc1ccc2c(C)cc(=O)n(CCC3CCC(NCc4cc5c(cn4)OCCO5)CC3)c2c1. The highest BCUT2D eigenvalue weighted by Gasteiger charge is 2.22. The Hall–Kier alpha value is -3.06. The van der Waals surface area contributed by atoms with Gasteiger partial charge in [0.2, 0.25) is 0 Å². The van der Waals surface area contributed by atoms with Crippen LogP contribution in [0.15, 0.2) is 41.3 Å². The summed E-state index contributed by atoms with van der Waals surface area (Å²) in [6.07, 6.45) is 7.42. The predicted molar refractivity (Wildman–Crippen MR) is 132 cm³/mol. The zero-order valence-corrected chi connectivity index (χ0v) is 20.0. The second-order valence-corrected chi connectivity index (χ2v) is 9.41. The highest BCUT2D eigenvalue weighted by molar-refractivity contribution is 5.83. The molecule has 34 heavy (non-hydrogen) atoms. The number of hydrogen-bond acceptors (Lipinski definition) is 6. The van der Waals surface area contributed by atoms with E-state index in [0.717, 1.165) is 71.8 Å². The van der Waals surface area contributed by atoms with Crippen LogP contribution >= 0.6 is 0 Å². The van der Waals surface area contributed by atoms with Crippen LogP contribution in [0.5, 0.6) is 17.2 Å². The molecule has 5 rings (SSSR count). The van der Waals surface area contributed by atoms with E-state index < -0.39 is 0 Å². The number of aromatic nitrogens is 2. The summed E-state index contributed by atoms with van der Waals surface area (Å²) in [5.41, 5.74) is 3.03. The molecule has 1 N–H and O–H groups in total. The summed E-state index contributed by atoms with van der Waals surface area (Å²) in [5.74, 6) is 2.94. The molecule has 0 radical (unpaired) electrons. The van der Waals surface area contributed by atoms with Crippen LogP contribution in [0.3, 0.4) is 0 Å². The molecule has 0 bridgehead atoms. The Kier molecular flexibility index (Phi) is 6.72. The maximum Gasteiger partial charge on any atom is 0.251 e. The molecule has 2 aromatic heterocycles. The predicted octanol–water partition coefficient (Wildman–Crippen LogP) is 4.22. The lowest BCUT2D eigenvalue weighted by atomic mass is 9.84. The van der Waals surface area contributed by atoms with Crippen LogP contribution in [0.4, 0.5) is 0 Å². The topological polar surface area (TPSA) is 74.6 Å². The monoisotopic (exact) mass is 463 g/mol. The third-order valence-corrected chi connectivity index (χ3v) is 7.19. The van der Waals surface area contributed by atoms with Crippen LogP contribution in [-0.2, 0) is 13.1 Å². The number of nitrogens with one attached hydrogen (secondary N) is 1. The van der Waals surface area contributed by atoms with Gasteiger partial charge in [-0.3, -0.25) is 9.78 Å². The van der Waals surface area contributed by atoms with Crippen molar-refractivity contribution < 1.29 is 14.2 Å². The number of fused-ring (bicyclic) bond motifs is 2. The van der Waals surface area contributed by atoms with Crippen molar-refractivity contribution in [3.05, 3.63) is 58.1 Å². The molecule has 7 heteroatoms. The normalized spacial score (nSPS) is 19.8. The molecular weight excluding hydrogens is 430 g/mol. The number of rotatable bonds is 7. The van der Waals surface area contributed by atoms with E-state index in [9.17, 15) is 4.79 Å². The molecule has 1 saturated carbocycles. The van der Waals surface area contributed by atoms with Gasteiger partial charge in [0, 0.05) is 42.7 Å². The largest absolute Gasteiger partial charge is 0.497 e. The molecule has 0 atom stereocenters. The average molecular weight is 464 g/mol. The first kappa shape index (κ1) is 22.7. The van der Waals surface area contributed by atoms with Crippen LogP contribution in [0.1, 0.15) is 43.4 Å². The smallest absolute Gasteiger partial charge is 0.251 e. The minimum Gasteiger partial charge on any atom is -0.497 e. The maximum atomic E-state index is 12.8. The third-order valence-electron chi connectivity index (χ3n) is 7.19. The summed E-state index contributed by atoms with van der Waals surface area (Å²) in [4.78, 5) is 17.3. The molecule has 7 nitrogen and oxygen atoms in total. The van der Waals surface area contributed by atoms with Crippen LogP contribution < -0.4 is 25.1 Å². The molecule has 2 aliphatic rings. The molecule has 1 aliphatic heterocycles. The summed E-state index contributed by atoms with van der Waals surface area (Å²) in [7, 11) is 1.66. The number of benzene rings is 1. The summed E-state index contributed by atoms with van der Waals surface area (Å²) in [6.45, 7) is 4.64. The van der Waals surface area contributed by atoms with Crippen molar-refractivity contribution in [3.63, 3.8) is 0 Å². The van der Waals surface area contributed by atoms with Gasteiger partial charge in [0.15, 0.2) is 11.5 Å². The fourth-order valence-corrected chi connectivity index (χ4v) is 5.19. The van der Waals surface area contributed by atoms with Crippen LogP contribution in [0.25, 0.3) is 10.9 Å². The Morgan fingerprint density at radius 2 is 1.88 bits per heavy atom. The van der Waals surface area contributed by atoms with Crippen molar-refractivity contribution in [2.75, 3.05) is 20.3 Å². The number of ether oxygens (including phenoxy) is 3. The lowest BCUT2D eigenvalue weighted by molar-refractivity contribution is 0.170. The van der Waals surface area contributed by atoms with E-state index in [4.69, 9.17) is 14.2 Å². The van der Waals surface area contributed by atoms with E-state index in [1.54, 1.807) is 19.4 Å². The fourth-order valence-electron chi connectivity index (χ4n) is 5.19. The first-order valence-electron chi connectivity index (χ1n) is 12.3. The van der Waals surface area contributed by atoms with Gasteiger partial charge in [-0.15, -0.1) is 0 Å².